The summed E-state index contributed by atoms with van der Waals surface area (Å²) in [6.07, 6.45) is 9.59. The first kappa shape index (κ1) is 34.2. The number of ketones is 1. The van der Waals surface area contributed by atoms with Crippen molar-refractivity contribution in [1.82, 2.24) is 30.6 Å². The van der Waals surface area contributed by atoms with E-state index in [0.29, 0.717) is 76.1 Å². The van der Waals surface area contributed by atoms with E-state index in [0.717, 1.165) is 66.1 Å². The van der Waals surface area contributed by atoms with Crippen molar-refractivity contribution in [2.75, 3.05) is 25.5 Å². The van der Waals surface area contributed by atoms with E-state index in [1.807, 2.05) is 55.4 Å². The highest BCUT2D eigenvalue weighted by molar-refractivity contribution is 6.39. The fourth-order valence-corrected chi connectivity index (χ4v) is 7.33. The van der Waals surface area contributed by atoms with Crippen molar-refractivity contribution in [2.24, 2.45) is 5.92 Å². The van der Waals surface area contributed by atoms with Crippen molar-refractivity contribution in [3.63, 3.8) is 0 Å². The van der Waals surface area contributed by atoms with E-state index in [1.165, 1.54) is 0 Å². The molecule has 6 rings (SSSR count). The smallest absolute Gasteiger partial charge is 0.220 e. The van der Waals surface area contributed by atoms with Crippen LogP contribution in [0, 0.1) is 5.92 Å². The van der Waals surface area contributed by atoms with E-state index >= 15 is 0 Å². The van der Waals surface area contributed by atoms with E-state index in [4.69, 9.17) is 44.8 Å². The first-order valence-corrected chi connectivity index (χ1v) is 17.5. The number of halogens is 3. The zero-order valence-electron chi connectivity index (χ0n) is 27.0. The van der Waals surface area contributed by atoms with Gasteiger partial charge >= 0.3 is 0 Å². The predicted molar refractivity (Wildman–Crippen MR) is 191 cm³/mol. The van der Waals surface area contributed by atoms with Crippen molar-refractivity contribution in [1.29, 1.82) is 0 Å². The van der Waals surface area contributed by atoms with E-state index in [1.54, 1.807) is 12.4 Å². The topological polar surface area (TPSA) is 113 Å². The number of anilines is 1. The molecule has 12 heteroatoms. The molecule has 4 aromatic rings. The van der Waals surface area contributed by atoms with Crippen LogP contribution in [0.25, 0.3) is 33.6 Å². The molecule has 2 N–H and O–H groups in total. The van der Waals surface area contributed by atoms with Crippen LogP contribution in [0.5, 0.6) is 0 Å². The van der Waals surface area contributed by atoms with Gasteiger partial charge in [0.25, 0.3) is 0 Å². The second-order valence-electron chi connectivity index (χ2n) is 12.7. The normalized spacial score (nSPS) is 17.6. The fourth-order valence-electron chi connectivity index (χ4n) is 6.45. The summed E-state index contributed by atoms with van der Waals surface area (Å²) in [4.78, 5) is 44.0. The molecule has 0 unspecified atom stereocenters. The maximum Gasteiger partial charge on any atom is 0.220 e. The van der Waals surface area contributed by atoms with Gasteiger partial charge < -0.3 is 15.5 Å². The van der Waals surface area contributed by atoms with Gasteiger partial charge in [-0.05, 0) is 44.6 Å². The van der Waals surface area contributed by atoms with Gasteiger partial charge in [-0.3, -0.25) is 19.6 Å². The lowest BCUT2D eigenvalue weighted by Gasteiger charge is -2.19. The average Bonchev–Trinajstić information content (AvgIpc) is 3.69. The molecule has 1 aliphatic carbocycles. The monoisotopic (exact) mass is 705 g/mol. The zero-order valence-corrected chi connectivity index (χ0v) is 29.3. The fraction of sp³-hybridized carbons (Fsp3) is 0.389. The second-order valence-corrected chi connectivity index (χ2v) is 13.8. The minimum Gasteiger partial charge on any atom is -0.361 e. The van der Waals surface area contributed by atoms with Crippen LogP contribution in [0.1, 0.15) is 56.3 Å². The Labute approximate surface area is 295 Å². The standard InChI is InChI=1S/C36H38Cl3N7O2/c1-46(2)36-31(18-40-17-21-12-14-23(47)16-21)42-20-30(45-36)27-10-5-8-25(34(27)38)24-7-4-9-26(33(24)37)29-19-41-28(35(39)44-29)11-3-6-22-13-15-32(48)43-22/h4-5,7-10,19-22,40H,3,6,11-18H2,1-2H3,(H,43,48)/t21-,22-/m1/s1. The largest absolute Gasteiger partial charge is 0.361 e. The highest BCUT2D eigenvalue weighted by Gasteiger charge is 2.23. The van der Waals surface area contributed by atoms with Crippen LogP contribution >= 0.6 is 34.8 Å². The number of Topliss-reactive ketones (excluding diaryl/α,β-unsaturated/α-hetero) is 1. The molecule has 250 valence electrons. The number of carbonyl (C=O) groups is 2. The highest BCUT2D eigenvalue weighted by Crippen LogP contribution is 2.42. The molecule has 9 nitrogen and oxygen atoms in total. The number of hydrogen-bond donors (Lipinski definition) is 2. The van der Waals surface area contributed by atoms with Crippen LogP contribution in [0.3, 0.4) is 0 Å². The average molecular weight is 707 g/mol. The molecule has 0 radical (unpaired) electrons. The lowest BCUT2D eigenvalue weighted by atomic mass is 9.98. The Morgan fingerprint density at radius 1 is 0.854 bits per heavy atom. The van der Waals surface area contributed by atoms with Gasteiger partial charge in [0.1, 0.15) is 5.78 Å². The molecule has 2 aromatic heterocycles. The third kappa shape index (κ3) is 7.81. The summed E-state index contributed by atoms with van der Waals surface area (Å²) in [6.45, 7) is 1.33. The van der Waals surface area contributed by atoms with Crippen LogP contribution in [0.4, 0.5) is 5.82 Å². The molecule has 1 saturated heterocycles. The van der Waals surface area contributed by atoms with Gasteiger partial charge in [-0.1, -0.05) is 71.2 Å². The van der Waals surface area contributed by atoms with Gasteiger partial charge in [0.2, 0.25) is 5.91 Å². The molecular formula is C36H38Cl3N7O2. The molecule has 48 heavy (non-hydrogen) atoms. The van der Waals surface area contributed by atoms with Crippen LogP contribution in [0.15, 0.2) is 48.8 Å². The first-order valence-electron chi connectivity index (χ1n) is 16.3. The van der Waals surface area contributed by atoms with Gasteiger partial charge in [0, 0.05) is 68.2 Å². The predicted octanol–water partition coefficient (Wildman–Crippen LogP) is 7.35. The van der Waals surface area contributed by atoms with Crippen LogP contribution < -0.4 is 15.5 Å². The second kappa shape index (κ2) is 15.3. The summed E-state index contributed by atoms with van der Waals surface area (Å²) in [6, 6.07) is 11.7. The van der Waals surface area contributed by atoms with Crippen LogP contribution in [0.2, 0.25) is 15.2 Å². The maximum atomic E-state index is 11.6. The molecule has 1 saturated carbocycles. The number of nitrogens with zero attached hydrogens (tertiary/aromatic N) is 5. The molecule has 2 fully saturated rings. The number of hydrogen-bond acceptors (Lipinski definition) is 8. The SMILES string of the molecule is CN(C)c1nc(-c2cccc(-c3cccc(-c4cnc(CCC[C@@H]5CCC(=O)N5)c(Cl)n4)c3Cl)c2Cl)cnc1CNC[C@@H]1CCC(=O)C1. The molecule has 3 heterocycles. The minimum absolute atomic E-state index is 0.120. The van der Waals surface area contributed by atoms with E-state index < -0.39 is 0 Å². The van der Waals surface area contributed by atoms with Gasteiger partial charge in [-0.15, -0.1) is 0 Å². The van der Waals surface area contributed by atoms with Gasteiger partial charge in [0.05, 0.1) is 45.2 Å². The van der Waals surface area contributed by atoms with Gasteiger partial charge in [0.15, 0.2) is 11.0 Å². The number of benzene rings is 2. The first-order chi connectivity index (χ1) is 23.2. The molecule has 2 atom stereocenters. The van der Waals surface area contributed by atoms with Crippen molar-refractivity contribution >= 4 is 52.3 Å². The van der Waals surface area contributed by atoms with Gasteiger partial charge in [-0.25, -0.2) is 9.97 Å². The Bertz CT molecular complexity index is 1830. The Hall–Kier alpha value is -3.63. The van der Waals surface area contributed by atoms with E-state index in [-0.39, 0.29) is 11.9 Å². The Morgan fingerprint density at radius 3 is 2.08 bits per heavy atom. The molecule has 1 aliphatic heterocycles. The number of aryl methyl sites for hydroxylation is 1. The third-order valence-corrected chi connectivity index (χ3v) is 10.1. The summed E-state index contributed by atoms with van der Waals surface area (Å²) in [7, 11) is 3.88. The summed E-state index contributed by atoms with van der Waals surface area (Å²) >= 11 is 20.7. The Kier molecular flexibility index (Phi) is 10.9. The summed E-state index contributed by atoms with van der Waals surface area (Å²) in [5, 5.41) is 7.79. The summed E-state index contributed by atoms with van der Waals surface area (Å²) in [5.41, 5.74) is 5.68. The lowest BCUT2D eigenvalue weighted by Crippen LogP contribution is -2.25. The number of rotatable bonds is 12. The lowest BCUT2D eigenvalue weighted by molar-refractivity contribution is -0.119. The van der Waals surface area contributed by atoms with Crippen LogP contribution in [-0.2, 0) is 22.6 Å². The summed E-state index contributed by atoms with van der Waals surface area (Å²) in [5.74, 6) is 1.59. The third-order valence-electron chi connectivity index (χ3n) is 9.01. The van der Waals surface area contributed by atoms with E-state index in [9.17, 15) is 9.59 Å². The zero-order chi connectivity index (χ0) is 33.8. The van der Waals surface area contributed by atoms with E-state index in [2.05, 4.69) is 20.6 Å². The quantitative estimate of drug-likeness (QED) is 0.157. The Morgan fingerprint density at radius 2 is 1.50 bits per heavy atom. The van der Waals surface area contributed by atoms with Crippen molar-refractivity contribution in [3.05, 3.63) is 75.4 Å². The highest BCUT2D eigenvalue weighted by atomic mass is 35.5. The molecule has 2 aliphatic rings. The van der Waals surface area contributed by atoms with Crippen molar-refractivity contribution in [2.45, 2.75) is 64.0 Å². The van der Waals surface area contributed by atoms with Gasteiger partial charge in [-0.2, -0.15) is 0 Å². The maximum absolute atomic E-state index is 11.6. The molecule has 0 bridgehead atoms. The number of aromatic nitrogens is 4. The Balaban J connectivity index is 1.20. The minimum atomic E-state index is 0.120. The number of carbonyl (C=O) groups excluding carboxylic acids is 2. The number of amides is 1. The molecule has 1 amide bonds. The number of nitrogens with one attached hydrogen (secondary N) is 2. The van der Waals surface area contributed by atoms with Crippen molar-refractivity contribution < 1.29 is 9.59 Å². The molecule has 2 aromatic carbocycles. The molecule has 0 spiro atoms. The van der Waals surface area contributed by atoms with Crippen LogP contribution in [-0.4, -0.2) is 58.3 Å². The summed E-state index contributed by atoms with van der Waals surface area (Å²) < 4.78 is 0. The van der Waals surface area contributed by atoms with Crippen molar-refractivity contribution in [3.8, 4) is 33.6 Å². The molecular weight excluding hydrogens is 669 g/mol.